The van der Waals surface area contributed by atoms with Crippen molar-refractivity contribution in [3.05, 3.63) is 17.5 Å². The number of carbonyl (C=O) groups excluding carboxylic acids is 1. The van der Waals surface area contributed by atoms with Crippen molar-refractivity contribution < 1.29 is 14.4 Å². The fourth-order valence-electron chi connectivity index (χ4n) is 2.01. The van der Waals surface area contributed by atoms with Crippen molar-refractivity contribution in [1.29, 1.82) is 0 Å². The van der Waals surface area contributed by atoms with Crippen LogP contribution >= 0.6 is 0 Å². The quantitative estimate of drug-likeness (QED) is 0.755. The summed E-state index contributed by atoms with van der Waals surface area (Å²) in [7, 11) is 0. The third kappa shape index (κ3) is 2.26. The van der Waals surface area contributed by atoms with Gasteiger partial charge >= 0.3 is 0 Å². The third-order valence-electron chi connectivity index (χ3n) is 2.99. The Kier molecular flexibility index (Phi) is 2.86. The van der Waals surface area contributed by atoms with Gasteiger partial charge < -0.3 is 9.63 Å². The van der Waals surface area contributed by atoms with E-state index in [0.29, 0.717) is 11.6 Å². The lowest BCUT2D eigenvalue weighted by Crippen LogP contribution is -2.16. The van der Waals surface area contributed by atoms with Gasteiger partial charge in [-0.05, 0) is 25.7 Å². The van der Waals surface area contributed by atoms with Crippen LogP contribution in [0.1, 0.15) is 54.8 Å². The lowest BCUT2D eigenvalue weighted by atomic mass is 9.86. The minimum atomic E-state index is -0.170. The molecule has 1 N–H and O–H groups in total. The zero-order chi connectivity index (χ0) is 10.8. The molecule has 1 aromatic heterocycles. The summed E-state index contributed by atoms with van der Waals surface area (Å²) in [6, 6.07) is 1.73. The van der Waals surface area contributed by atoms with Gasteiger partial charge in [-0.1, -0.05) is 5.16 Å². The topological polar surface area (TPSA) is 63.3 Å². The van der Waals surface area contributed by atoms with Crippen LogP contribution in [0.25, 0.3) is 0 Å². The van der Waals surface area contributed by atoms with Crippen LogP contribution in [-0.2, 0) is 0 Å². The largest absolute Gasteiger partial charge is 0.393 e. The van der Waals surface area contributed by atoms with Crippen LogP contribution in [0.4, 0.5) is 0 Å². The minimum absolute atomic E-state index is 0.0687. The van der Waals surface area contributed by atoms with Gasteiger partial charge in [0.1, 0.15) is 11.5 Å². The molecule has 0 saturated heterocycles. The lowest BCUT2D eigenvalue weighted by molar-refractivity contribution is 0.100. The van der Waals surface area contributed by atoms with E-state index in [4.69, 9.17) is 4.52 Å². The van der Waals surface area contributed by atoms with Crippen molar-refractivity contribution >= 4 is 5.78 Å². The fourth-order valence-corrected chi connectivity index (χ4v) is 2.01. The Bertz CT molecular complexity index is 350. The van der Waals surface area contributed by atoms with Crippen molar-refractivity contribution in [2.45, 2.75) is 44.6 Å². The molecule has 0 aromatic carbocycles. The van der Waals surface area contributed by atoms with Crippen molar-refractivity contribution in [2.75, 3.05) is 0 Å². The lowest BCUT2D eigenvalue weighted by Gasteiger charge is -2.22. The number of hydrogen-bond donors (Lipinski definition) is 1. The molecule has 1 aliphatic rings. The Morgan fingerprint density at radius 1 is 1.47 bits per heavy atom. The van der Waals surface area contributed by atoms with Gasteiger partial charge in [-0.15, -0.1) is 0 Å². The van der Waals surface area contributed by atoms with Gasteiger partial charge in [0.25, 0.3) is 0 Å². The summed E-state index contributed by atoms with van der Waals surface area (Å²) in [5, 5.41) is 13.1. The highest BCUT2D eigenvalue weighted by molar-refractivity contribution is 5.91. The summed E-state index contributed by atoms with van der Waals surface area (Å²) in [5.74, 6) is 1.03. The number of rotatable bonds is 2. The molecular formula is C11H15NO3. The van der Waals surface area contributed by atoms with Crippen LogP contribution in [0.5, 0.6) is 0 Å². The van der Waals surface area contributed by atoms with Crippen LogP contribution in [0.2, 0.25) is 0 Å². The Morgan fingerprint density at radius 2 is 2.13 bits per heavy atom. The van der Waals surface area contributed by atoms with Gasteiger partial charge in [-0.2, -0.15) is 0 Å². The SMILES string of the molecule is CC(=O)c1cc(C2CCC(O)CC2)on1. The average molecular weight is 209 g/mol. The highest BCUT2D eigenvalue weighted by Crippen LogP contribution is 2.33. The van der Waals surface area contributed by atoms with Crippen LogP contribution in [0.15, 0.2) is 10.6 Å². The standard InChI is InChI=1S/C11H15NO3/c1-7(13)10-6-11(15-12-10)8-2-4-9(14)5-3-8/h6,8-9,14H,2-5H2,1H3. The summed E-state index contributed by atoms with van der Waals surface area (Å²) in [5.41, 5.74) is 0.399. The highest BCUT2D eigenvalue weighted by atomic mass is 16.5. The van der Waals surface area contributed by atoms with Crippen LogP contribution in [0.3, 0.4) is 0 Å². The smallest absolute Gasteiger partial charge is 0.181 e. The molecule has 0 spiro atoms. The molecule has 1 saturated carbocycles. The number of Topliss-reactive ketones (excluding diaryl/α,β-unsaturated/α-hetero) is 1. The molecule has 1 heterocycles. The predicted octanol–water partition coefficient (Wildman–Crippen LogP) is 1.90. The second kappa shape index (κ2) is 4.14. The van der Waals surface area contributed by atoms with Gasteiger partial charge in [0.05, 0.1) is 6.10 Å². The molecule has 2 rings (SSSR count). The number of aliphatic hydroxyl groups excluding tert-OH is 1. The first kappa shape index (κ1) is 10.4. The summed E-state index contributed by atoms with van der Waals surface area (Å²) in [4.78, 5) is 11.0. The maximum absolute atomic E-state index is 11.0. The molecule has 1 aliphatic carbocycles. The number of aliphatic hydroxyl groups is 1. The number of nitrogens with zero attached hydrogens (tertiary/aromatic N) is 1. The maximum atomic E-state index is 11.0. The maximum Gasteiger partial charge on any atom is 0.181 e. The monoisotopic (exact) mass is 209 g/mol. The minimum Gasteiger partial charge on any atom is -0.393 e. The normalized spacial score (nSPS) is 26.5. The molecular weight excluding hydrogens is 194 g/mol. The van der Waals surface area contributed by atoms with E-state index in [2.05, 4.69) is 5.16 Å². The first-order chi connectivity index (χ1) is 7.16. The molecule has 0 radical (unpaired) electrons. The van der Waals surface area contributed by atoms with E-state index in [-0.39, 0.29) is 11.9 Å². The van der Waals surface area contributed by atoms with Crippen LogP contribution < -0.4 is 0 Å². The molecule has 0 unspecified atom stereocenters. The fraction of sp³-hybridized carbons (Fsp3) is 0.636. The van der Waals surface area contributed by atoms with Gasteiger partial charge in [0.2, 0.25) is 0 Å². The molecule has 0 amide bonds. The second-order valence-corrected chi connectivity index (χ2v) is 4.18. The van der Waals surface area contributed by atoms with E-state index in [1.807, 2.05) is 0 Å². The van der Waals surface area contributed by atoms with E-state index in [1.165, 1.54) is 6.92 Å². The van der Waals surface area contributed by atoms with Crippen molar-refractivity contribution in [2.24, 2.45) is 0 Å². The highest BCUT2D eigenvalue weighted by Gasteiger charge is 2.24. The average Bonchev–Trinajstić information content (AvgIpc) is 2.68. The Labute approximate surface area is 88.3 Å². The third-order valence-corrected chi connectivity index (χ3v) is 2.99. The number of carbonyl (C=O) groups is 1. The molecule has 1 fully saturated rings. The molecule has 82 valence electrons. The molecule has 0 atom stereocenters. The molecule has 4 heteroatoms. The second-order valence-electron chi connectivity index (χ2n) is 4.18. The number of aromatic nitrogens is 1. The zero-order valence-electron chi connectivity index (χ0n) is 8.77. The van der Waals surface area contributed by atoms with Gasteiger partial charge in [-0.3, -0.25) is 4.79 Å². The summed E-state index contributed by atoms with van der Waals surface area (Å²) < 4.78 is 5.15. The van der Waals surface area contributed by atoms with Crippen molar-refractivity contribution in [1.82, 2.24) is 5.16 Å². The zero-order valence-corrected chi connectivity index (χ0v) is 8.77. The first-order valence-electron chi connectivity index (χ1n) is 5.32. The number of hydrogen-bond acceptors (Lipinski definition) is 4. The molecule has 4 nitrogen and oxygen atoms in total. The van der Waals surface area contributed by atoms with E-state index in [0.717, 1.165) is 31.4 Å². The Morgan fingerprint density at radius 3 is 2.67 bits per heavy atom. The predicted molar refractivity (Wildman–Crippen MR) is 53.7 cm³/mol. The van der Waals surface area contributed by atoms with Gasteiger partial charge in [0, 0.05) is 18.9 Å². The first-order valence-corrected chi connectivity index (χ1v) is 5.32. The van der Waals surface area contributed by atoms with Crippen LogP contribution in [0, 0.1) is 0 Å². The summed E-state index contributed by atoms with van der Waals surface area (Å²) in [6.07, 6.45) is 3.26. The molecule has 0 bridgehead atoms. The van der Waals surface area contributed by atoms with Gasteiger partial charge in [0.15, 0.2) is 5.78 Å². The van der Waals surface area contributed by atoms with Crippen molar-refractivity contribution in [3.8, 4) is 0 Å². The summed E-state index contributed by atoms with van der Waals surface area (Å²) in [6.45, 7) is 1.48. The molecule has 15 heavy (non-hydrogen) atoms. The summed E-state index contributed by atoms with van der Waals surface area (Å²) >= 11 is 0. The molecule has 1 aromatic rings. The van der Waals surface area contributed by atoms with E-state index in [9.17, 15) is 9.90 Å². The van der Waals surface area contributed by atoms with Crippen molar-refractivity contribution in [3.63, 3.8) is 0 Å². The molecule has 0 aliphatic heterocycles. The Hall–Kier alpha value is -1.16. The van der Waals surface area contributed by atoms with Gasteiger partial charge in [-0.25, -0.2) is 0 Å². The van der Waals surface area contributed by atoms with E-state index in [1.54, 1.807) is 6.07 Å². The van der Waals surface area contributed by atoms with Crippen LogP contribution in [-0.4, -0.2) is 22.2 Å². The Balaban J connectivity index is 2.06. The van der Waals surface area contributed by atoms with E-state index < -0.39 is 0 Å². The number of ketones is 1. The van der Waals surface area contributed by atoms with E-state index >= 15 is 0 Å².